The van der Waals surface area contributed by atoms with Crippen molar-refractivity contribution in [3.05, 3.63) is 24.3 Å². The number of aliphatic hydroxyl groups excluding tert-OH is 2. The van der Waals surface area contributed by atoms with Crippen LogP contribution in [0.15, 0.2) is 24.3 Å². The van der Waals surface area contributed by atoms with E-state index in [1.54, 1.807) is 0 Å². The van der Waals surface area contributed by atoms with E-state index in [-0.39, 0.29) is 19.6 Å². The van der Waals surface area contributed by atoms with Crippen molar-refractivity contribution in [3.63, 3.8) is 0 Å². The minimum Gasteiger partial charge on any atom is -0.457 e. The zero-order chi connectivity index (χ0) is 36.8. The molecule has 0 saturated heterocycles. The van der Waals surface area contributed by atoms with Crippen molar-refractivity contribution in [2.75, 3.05) is 33.0 Å². The van der Waals surface area contributed by atoms with E-state index in [0.717, 1.165) is 57.8 Å². The number of phosphoric ester groups is 1. The van der Waals surface area contributed by atoms with Crippen molar-refractivity contribution >= 4 is 13.8 Å². The molecule has 3 N–H and O–H groups in total. The number of unbranched alkanes of at least 4 members (excludes halogenated alkanes) is 21. The molecule has 0 aromatic carbocycles. The van der Waals surface area contributed by atoms with E-state index in [2.05, 4.69) is 38.2 Å². The Morgan fingerprint density at radius 1 is 0.620 bits per heavy atom. The normalized spacial score (nSPS) is 14.4. The van der Waals surface area contributed by atoms with Crippen molar-refractivity contribution in [3.8, 4) is 0 Å². The molecule has 0 rings (SSSR count). The average molecular weight is 733 g/mol. The molecule has 0 fully saturated rings. The molecular weight excluding hydrogens is 655 g/mol. The summed E-state index contributed by atoms with van der Waals surface area (Å²) in [7, 11) is -4.51. The lowest BCUT2D eigenvalue weighted by atomic mass is 10.0. The van der Waals surface area contributed by atoms with Gasteiger partial charge in [-0.2, -0.15) is 0 Å². The van der Waals surface area contributed by atoms with Crippen LogP contribution < -0.4 is 0 Å². The number of ether oxygens (including phenoxy) is 2. The Hall–Kier alpha value is -1.06. The SMILES string of the molecule is CCC/C=C\C/C=C\CCCCCCCC(=O)OC(COCCCCCCCCCCCCCCCCCC)COP(=O)(O)OCC(O)CO. The third-order valence-corrected chi connectivity index (χ3v) is 9.57. The molecule has 0 spiro atoms. The van der Waals surface area contributed by atoms with Crippen molar-refractivity contribution in [1.82, 2.24) is 0 Å². The lowest BCUT2D eigenvalue weighted by molar-refractivity contribution is -0.154. The molecule has 50 heavy (non-hydrogen) atoms. The highest BCUT2D eigenvalue weighted by Crippen LogP contribution is 2.43. The summed E-state index contributed by atoms with van der Waals surface area (Å²) in [5.74, 6) is -0.395. The molecule has 0 aliphatic rings. The van der Waals surface area contributed by atoms with Gasteiger partial charge in [-0.3, -0.25) is 13.8 Å². The third kappa shape index (κ3) is 36.7. The number of allylic oxidation sites excluding steroid dienone is 4. The van der Waals surface area contributed by atoms with Crippen LogP contribution in [0, 0.1) is 0 Å². The van der Waals surface area contributed by atoms with Crippen LogP contribution in [0.1, 0.15) is 181 Å². The fourth-order valence-electron chi connectivity index (χ4n) is 5.51. The lowest BCUT2D eigenvalue weighted by Crippen LogP contribution is -2.29. The first-order valence-electron chi connectivity index (χ1n) is 20.3. The summed E-state index contributed by atoms with van der Waals surface area (Å²) in [6.45, 7) is 3.45. The first-order valence-corrected chi connectivity index (χ1v) is 21.8. The summed E-state index contributed by atoms with van der Waals surface area (Å²) >= 11 is 0. The van der Waals surface area contributed by atoms with Gasteiger partial charge in [0, 0.05) is 13.0 Å². The number of phosphoric acid groups is 1. The molecule has 0 aliphatic carbocycles. The first kappa shape index (κ1) is 48.9. The van der Waals surface area contributed by atoms with Crippen LogP contribution in [0.5, 0.6) is 0 Å². The van der Waals surface area contributed by atoms with E-state index in [0.29, 0.717) is 13.0 Å². The fourth-order valence-corrected chi connectivity index (χ4v) is 6.30. The molecule has 0 bridgehead atoms. The number of carbonyl (C=O) groups is 1. The van der Waals surface area contributed by atoms with Crippen molar-refractivity contribution in [2.45, 2.75) is 193 Å². The Bertz CT molecular complexity index is 836. The standard InChI is InChI=1S/C40H77O9P/c1-3-5-7-9-11-13-15-17-18-19-21-23-25-27-29-31-33-46-36-39(37-48-50(44,45)47-35-38(42)34-41)49-40(43)32-30-28-26-24-22-20-16-14-12-10-8-6-4-2/h8,10,14,16,38-39,41-42H,3-7,9,11-13,15,17-37H2,1-2H3,(H,44,45)/b10-8-,16-14-. The van der Waals surface area contributed by atoms with Crippen LogP contribution in [0.25, 0.3) is 0 Å². The highest BCUT2D eigenvalue weighted by molar-refractivity contribution is 7.47. The number of carbonyl (C=O) groups excluding carboxylic acids is 1. The molecule has 0 aliphatic heterocycles. The minimum absolute atomic E-state index is 0.0473. The van der Waals surface area contributed by atoms with E-state index >= 15 is 0 Å². The second kappa shape index (κ2) is 37.7. The quantitative estimate of drug-likeness (QED) is 0.0244. The van der Waals surface area contributed by atoms with Crippen LogP contribution in [0.2, 0.25) is 0 Å². The Labute approximate surface area is 306 Å². The maximum absolute atomic E-state index is 12.6. The predicted molar refractivity (Wildman–Crippen MR) is 205 cm³/mol. The van der Waals surface area contributed by atoms with Crippen molar-refractivity contribution in [1.29, 1.82) is 0 Å². The van der Waals surface area contributed by atoms with Gasteiger partial charge in [0.05, 0.1) is 26.4 Å². The van der Waals surface area contributed by atoms with Gasteiger partial charge in [-0.15, -0.1) is 0 Å². The van der Waals surface area contributed by atoms with E-state index in [1.165, 1.54) is 96.3 Å². The topological polar surface area (TPSA) is 132 Å². The summed E-state index contributed by atoms with van der Waals surface area (Å²) in [6.07, 6.45) is 37.0. The maximum atomic E-state index is 12.6. The molecule has 0 aromatic rings. The number of rotatable bonds is 39. The third-order valence-electron chi connectivity index (χ3n) is 8.62. The second-order valence-corrected chi connectivity index (χ2v) is 15.1. The first-order chi connectivity index (χ1) is 24.3. The molecule has 0 aromatic heterocycles. The molecular formula is C40H77O9P. The Morgan fingerprint density at radius 2 is 1.12 bits per heavy atom. The van der Waals surface area contributed by atoms with Gasteiger partial charge in [-0.25, -0.2) is 4.57 Å². The smallest absolute Gasteiger partial charge is 0.457 e. The molecule has 9 nitrogen and oxygen atoms in total. The van der Waals surface area contributed by atoms with E-state index in [1.807, 2.05) is 0 Å². The molecule has 0 heterocycles. The summed E-state index contributed by atoms with van der Waals surface area (Å²) in [6, 6.07) is 0. The highest BCUT2D eigenvalue weighted by Gasteiger charge is 2.26. The molecule has 10 heteroatoms. The van der Waals surface area contributed by atoms with Crippen molar-refractivity contribution in [2.24, 2.45) is 0 Å². The van der Waals surface area contributed by atoms with Gasteiger partial charge in [0.1, 0.15) is 12.2 Å². The van der Waals surface area contributed by atoms with Crippen LogP contribution in [0.3, 0.4) is 0 Å². The summed E-state index contributed by atoms with van der Waals surface area (Å²) in [5, 5.41) is 18.3. The molecule has 0 radical (unpaired) electrons. The second-order valence-electron chi connectivity index (χ2n) is 13.7. The van der Waals surface area contributed by atoms with Gasteiger partial charge in [-0.05, 0) is 38.5 Å². The van der Waals surface area contributed by atoms with E-state index in [9.17, 15) is 19.4 Å². The summed E-state index contributed by atoms with van der Waals surface area (Å²) in [4.78, 5) is 22.5. The van der Waals surface area contributed by atoms with Gasteiger partial charge in [0.15, 0.2) is 0 Å². The number of esters is 1. The monoisotopic (exact) mass is 733 g/mol. The lowest BCUT2D eigenvalue weighted by Gasteiger charge is -2.20. The summed E-state index contributed by atoms with van der Waals surface area (Å²) < 4.78 is 33.3. The number of hydrogen-bond donors (Lipinski definition) is 3. The zero-order valence-corrected chi connectivity index (χ0v) is 33.0. The zero-order valence-electron chi connectivity index (χ0n) is 32.1. The van der Waals surface area contributed by atoms with E-state index in [4.69, 9.17) is 23.6 Å². The maximum Gasteiger partial charge on any atom is 0.472 e. The van der Waals surface area contributed by atoms with Crippen LogP contribution >= 0.6 is 7.82 Å². The predicted octanol–water partition coefficient (Wildman–Crippen LogP) is 10.7. The Morgan fingerprint density at radius 3 is 1.68 bits per heavy atom. The minimum atomic E-state index is -4.51. The van der Waals surface area contributed by atoms with Gasteiger partial charge in [0.25, 0.3) is 0 Å². The van der Waals surface area contributed by atoms with Gasteiger partial charge < -0.3 is 24.6 Å². The molecule has 3 unspecified atom stereocenters. The fraction of sp³-hybridized carbons (Fsp3) is 0.875. The van der Waals surface area contributed by atoms with E-state index < -0.39 is 39.2 Å². The molecule has 296 valence electrons. The Balaban J connectivity index is 4.19. The van der Waals surface area contributed by atoms with Gasteiger partial charge >= 0.3 is 13.8 Å². The molecule has 0 amide bonds. The van der Waals surface area contributed by atoms with Gasteiger partial charge in [-0.1, -0.05) is 160 Å². The number of aliphatic hydroxyl groups is 2. The Kier molecular flexibility index (Phi) is 36.9. The largest absolute Gasteiger partial charge is 0.472 e. The summed E-state index contributed by atoms with van der Waals surface area (Å²) in [5.41, 5.74) is 0. The van der Waals surface area contributed by atoms with Crippen LogP contribution in [0.4, 0.5) is 0 Å². The highest BCUT2D eigenvalue weighted by atomic mass is 31.2. The molecule has 3 atom stereocenters. The number of hydrogen-bond acceptors (Lipinski definition) is 8. The van der Waals surface area contributed by atoms with Crippen LogP contribution in [-0.2, 0) is 27.9 Å². The molecule has 0 saturated carbocycles. The van der Waals surface area contributed by atoms with Crippen molar-refractivity contribution < 1.29 is 43.0 Å². The van der Waals surface area contributed by atoms with Crippen LogP contribution in [-0.4, -0.2) is 66.3 Å². The average Bonchev–Trinajstić information content (AvgIpc) is 3.10. The van der Waals surface area contributed by atoms with Gasteiger partial charge in [0.2, 0.25) is 0 Å².